The molecule has 0 aromatic carbocycles. The van der Waals surface area contributed by atoms with Crippen LogP contribution in [0, 0.1) is 34.5 Å². The summed E-state index contributed by atoms with van der Waals surface area (Å²) >= 11 is 0. The maximum Gasteiger partial charge on any atom is 0.306 e. The Kier molecular flexibility index (Phi) is 4.30. The Balaban J connectivity index is 1.51. The number of allylic oxidation sites excluding steroid dienone is 2. The Hall–Kier alpha value is -1.86. The predicted molar refractivity (Wildman–Crippen MR) is 107 cm³/mol. The molecule has 1 heterocycles. The van der Waals surface area contributed by atoms with Crippen molar-refractivity contribution in [3.63, 3.8) is 0 Å². The molecule has 3 unspecified atom stereocenters. The highest BCUT2D eigenvalue weighted by atomic mass is 19.1. The first kappa shape index (κ1) is 21.0. The second kappa shape index (κ2) is 6.35. The van der Waals surface area contributed by atoms with Crippen molar-refractivity contribution < 1.29 is 33.7 Å². The van der Waals surface area contributed by atoms with E-state index in [0.29, 0.717) is 24.8 Å². The van der Waals surface area contributed by atoms with Crippen LogP contribution in [0.3, 0.4) is 0 Å². The summed E-state index contributed by atoms with van der Waals surface area (Å²) in [5.41, 5.74) is -1.10. The zero-order valence-corrected chi connectivity index (χ0v) is 18.1. The van der Waals surface area contributed by atoms with Gasteiger partial charge in [-0.15, -0.1) is 0 Å². The van der Waals surface area contributed by atoms with Gasteiger partial charge in [0, 0.05) is 11.3 Å². The number of hydrogen-bond donors (Lipinski definition) is 2. The van der Waals surface area contributed by atoms with Crippen LogP contribution >= 0.6 is 0 Å². The Bertz CT molecular complexity index is 954. The molecule has 1 saturated heterocycles. The lowest BCUT2D eigenvalue weighted by molar-refractivity contribution is -0.147. The molecule has 6 nitrogen and oxygen atoms in total. The number of halogens is 1. The van der Waals surface area contributed by atoms with Gasteiger partial charge in [0.2, 0.25) is 5.78 Å². The van der Waals surface area contributed by atoms with Crippen molar-refractivity contribution >= 4 is 17.5 Å². The van der Waals surface area contributed by atoms with Crippen molar-refractivity contribution in [2.24, 2.45) is 34.5 Å². The molecular weight excluding hydrogens is 403 g/mol. The smallest absolute Gasteiger partial charge is 0.306 e. The van der Waals surface area contributed by atoms with E-state index in [2.05, 4.69) is 6.92 Å². The number of hydrogen-bond acceptors (Lipinski definition) is 5. The number of carbonyl (C=O) groups is 3. The molecule has 9 atom stereocenters. The zero-order valence-electron chi connectivity index (χ0n) is 18.1. The summed E-state index contributed by atoms with van der Waals surface area (Å²) in [6.45, 7) is 6.06. The van der Waals surface area contributed by atoms with Crippen LogP contribution in [0.5, 0.6) is 0 Å². The van der Waals surface area contributed by atoms with Crippen molar-refractivity contribution in [2.75, 3.05) is 0 Å². The van der Waals surface area contributed by atoms with E-state index in [1.807, 2.05) is 19.9 Å². The highest BCUT2D eigenvalue weighted by Crippen LogP contribution is 2.76. The summed E-state index contributed by atoms with van der Waals surface area (Å²) in [5.74, 6) is -2.94. The molecule has 0 radical (unpaired) electrons. The maximum absolute atomic E-state index is 14.8. The van der Waals surface area contributed by atoms with Gasteiger partial charge in [-0.1, -0.05) is 19.9 Å². The van der Waals surface area contributed by atoms with Crippen molar-refractivity contribution in [2.45, 2.75) is 70.7 Å². The van der Waals surface area contributed by atoms with Gasteiger partial charge in [-0.2, -0.15) is 0 Å². The van der Waals surface area contributed by atoms with E-state index in [1.54, 1.807) is 0 Å². The molecule has 3 saturated carbocycles. The number of aliphatic hydroxyl groups excluding tert-OH is 1. The number of carbonyl (C=O) groups excluding carboxylic acids is 2. The largest absolute Gasteiger partial charge is 0.481 e. The van der Waals surface area contributed by atoms with Gasteiger partial charge < -0.3 is 14.9 Å². The monoisotopic (exact) mass is 432 g/mol. The van der Waals surface area contributed by atoms with Gasteiger partial charge in [0.15, 0.2) is 11.6 Å². The minimum absolute atomic E-state index is 0.0189. The molecular formula is C24H29FO6. The normalized spacial score (nSPS) is 48.4. The molecule has 31 heavy (non-hydrogen) atoms. The average Bonchev–Trinajstić information content (AvgIpc) is 3.33. The second-order valence-electron chi connectivity index (χ2n) is 10.8. The SMILES string of the molecule is C[C@H]1C[C@H]2[C@@H]3CCC4=C(F)C(=O)C=C[C@]4(C)C34OC4C[C@]2(C)[C@@H]1C(=O)C(O)CC(=O)O. The first-order valence-electron chi connectivity index (χ1n) is 11.2. The van der Waals surface area contributed by atoms with E-state index in [0.717, 1.165) is 6.42 Å². The molecule has 1 spiro atoms. The van der Waals surface area contributed by atoms with Crippen molar-refractivity contribution in [3.05, 3.63) is 23.6 Å². The van der Waals surface area contributed by atoms with Crippen LogP contribution in [-0.4, -0.2) is 45.6 Å². The van der Waals surface area contributed by atoms with E-state index in [-0.39, 0.29) is 29.6 Å². The van der Waals surface area contributed by atoms with Gasteiger partial charge in [-0.3, -0.25) is 14.4 Å². The van der Waals surface area contributed by atoms with Crippen molar-refractivity contribution in [3.8, 4) is 0 Å². The fourth-order valence-electron chi connectivity index (χ4n) is 8.17. The first-order chi connectivity index (χ1) is 14.5. The summed E-state index contributed by atoms with van der Waals surface area (Å²) in [5, 5.41) is 19.3. The Labute approximate surface area is 180 Å². The minimum atomic E-state index is -1.51. The molecule has 0 aromatic heterocycles. The lowest BCUT2D eigenvalue weighted by Crippen LogP contribution is -2.57. The predicted octanol–water partition coefficient (Wildman–Crippen LogP) is 2.99. The first-order valence-corrected chi connectivity index (χ1v) is 11.2. The number of ketones is 2. The van der Waals surface area contributed by atoms with Crippen LogP contribution in [0.15, 0.2) is 23.6 Å². The summed E-state index contributed by atoms with van der Waals surface area (Å²) in [6, 6.07) is 0. The molecule has 1 aliphatic heterocycles. The molecule has 0 aromatic rings. The number of rotatable bonds is 4. The molecule has 5 rings (SSSR count). The van der Waals surface area contributed by atoms with Gasteiger partial charge in [0.25, 0.3) is 0 Å². The minimum Gasteiger partial charge on any atom is -0.481 e. The summed E-state index contributed by atoms with van der Waals surface area (Å²) in [7, 11) is 0. The number of carboxylic acid groups (broad SMARTS) is 1. The fraction of sp³-hybridized carbons (Fsp3) is 0.708. The van der Waals surface area contributed by atoms with Crippen LogP contribution < -0.4 is 0 Å². The number of aliphatic carboxylic acids is 1. The third kappa shape index (κ3) is 2.48. The van der Waals surface area contributed by atoms with Crippen LogP contribution in [0.2, 0.25) is 0 Å². The molecule has 7 heteroatoms. The van der Waals surface area contributed by atoms with E-state index < -0.39 is 52.5 Å². The van der Waals surface area contributed by atoms with Gasteiger partial charge >= 0.3 is 5.97 Å². The van der Waals surface area contributed by atoms with Crippen LogP contribution in [-0.2, 0) is 19.1 Å². The maximum atomic E-state index is 14.8. The molecule has 0 amide bonds. The quantitative estimate of drug-likeness (QED) is 0.662. The number of Topliss-reactive ketones (excluding diaryl/α,β-unsaturated/α-hetero) is 1. The fourth-order valence-corrected chi connectivity index (χ4v) is 8.17. The lowest BCUT2D eigenvalue weighted by Gasteiger charge is -2.54. The molecule has 168 valence electrons. The van der Waals surface area contributed by atoms with Gasteiger partial charge in [0.05, 0.1) is 12.5 Å². The van der Waals surface area contributed by atoms with Crippen LogP contribution in [0.4, 0.5) is 4.39 Å². The van der Waals surface area contributed by atoms with Crippen molar-refractivity contribution in [1.29, 1.82) is 0 Å². The summed E-state index contributed by atoms with van der Waals surface area (Å²) in [6.07, 6.45) is 3.49. The molecule has 2 N–H and O–H groups in total. The third-order valence-corrected chi connectivity index (χ3v) is 9.37. The highest BCUT2D eigenvalue weighted by molar-refractivity contribution is 6.04. The number of ether oxygens (including phenoxy) is 1. The molecule has 4 aliphatic carbocycles. The van der Waals surface area contributed by atoms with Gasteiger partial charge in [0.1, 0.15) is 11.7 Å². The summed E-state index contributed by atoms with van der Waals surface area (Å²) < 4.78 is 21.2. The number of epoxide rings is 1. The van der Waals surface area contributed by atoms with E-state index >= 15 is 0 Å². The number of fused-ring (bicyclic) bond motifs is 3. The molecule has 5 aliphatic rings. The Morgan fingerprint density at radius 2 is 2.03 bits per heavy atom. The standard InChI is InChI=1S/C24H29FO6/c1-11-8-14-12-4-5-13-20(25)15(26)6-7-23(13,3)24(12)17(31-24)10-22(14,2)19(11)21(30)16(27)9-18(28)29/h6-7,11-12,14,16-17,19,27H,4-5,8-10H2,1-3H3,(H,28,29)/t11-,12-,14-,16?,17?,19-,22-,23-,24?/m0/s1. The van der Waals surface area contributed by atoms with E-state index in [1.165, 1.54) is 6.08 Å². The zero-order chi connectivity index (χ0) is 22.5. The van der Waals surface area contributed by atoms with Crippen LogP contribution in [0.1, 0.15) is 52.9 Å². The van der Waals surface area contributed by atoms with Gasteiger partial charge in [-0.25, -0.2) is 4.39 Å². The van der Waals surface area contributed by atoms with Gasteiger partial charge in [-0.05, 0) is 67.4 Å². The third-order valence-electron chi connectivity index (χ3n) is 9.37. The Morgan fingerprint density at radius 1 is 1.32 bits per heavy atom. The number of aliphatic hydroxyl groups is 1. The topological polar surface area (TPSA) is 104 Å². The van der Waals surface area contributed by atoms with E-state index in [4.69, 9.17) is 9.84 Å². The summed E-state index contributed by atoms with van der Waals surface area (Å²) in [4.78, 5) is 36.1. The Morgan fingerprint density at radius 3 is 2.71 bits per heavy atom. The second-order valence-corrected chi connectivity index (χ2v) is 10.8. The molecule has 4 fully saturated rings. The highest BCUT2D eigenvalue weighted by Gasteiger charge is 2.80. The molecule has 0 bridgehead atoms. The number of carboxylic acids is 1. The van der Waals surface area contributed by atoms with E-state index in [9.17, 15) is 23.9 Å². The average molecular weight is 432 g/mol. The van der Waals surface area contributed by atoms with Crippen molar-refractivity contribution in [1.82, 2.24) is 0 Å². The van der Waals surface area contributed by atoms with Crippen LogP contribution in [0.25, 0.3) is 0 Å². The lowest BCUT2D eigenvalue weighted by atomic mass is 9.47.